The zero-order valence-electron chi connectivity index (χ0n) is 32.6. The summed E-state index contributed by atoms with van der Waals surface area (Å²) >= 11 is 0. The number of nitrogens with one attached hydrogen (secondary N) is 5. The molecule has 0 atom stereocenters. The van der Waals surface area contributed by atoms with Gasteiger partial charge in [0.2, 0.25) is 21.9 Å². The average Bonchev–Trinajstić information content (AvgIpc) is 3.81. The first-order valence-corrected chi connectivity index (χ1v) is 21.5. The van der Waals surface area contributed by atoms with Gasteiger partial charge in [0, 0.05) is 42.2 Å². The third-order valence-electron chi connectivity index (χ3n) is 10.9. The number of rotatable bonds is 14. The molecule has 0 radical (unpaired) electrons. The summed E-state index contributed by atoms with van der Waals surface area (Å²) in [6.45, 7) is 5.37. The van der Waals surface area contributed by atoms with E-state index in [9.17, 15) is 18.6 Å². The van der Waals surface area contributed by atoms with Gasteiger partial charge in [-0.2, -0.15) is 19.9 Å². The van der Waals surface area contributed by atoms with Crippen molar-refractivity contribution in [1.29, 1.82) is 0 Å². The third kappa shape index (κ3) is 8.85. The van der Waals surface area contributed by atoms with Crippen LogP contribution in [0.2, 0.25) is 0 Å². The van der Waals surface area contributed by atoms with Crippen molar-refractivity contribution in [2.75, 3.05) is 37.5 Å². The highest BCUT2D eigenvalue weighted by Gasteiger charge is 2.38. The molecule has 2 aliphatic carbocycles. The first kappa shape index (κ1) is 39.1. The van der Waals surface area contributed by atoms with E-state index >= 15 is 0 Å². The normalized spacial score (nSPS) is 21.2. The van der Waals surface area contributed by atoms with Crippen LogP contribution in [-0.4, -0.2) is 87.2 Å². The molecule has 9 N–H and O–H groups in total. The van der Waals surface area contributed by atoms with Crippen LogP contribution in [0, 0.1) is 0 Å². The number of hydrogen-bond donors (Lipinski definition) is 8. The van der Waals surface area contributed by atoms with Crippen molar-refractivity contribution in [3.05, 3.63) is 61.2 Å². The van der Waals surface area contributed by atoms with Crippen LogP contribution in [-0.2, 0) is 23.1 Å². The smallest absolute Gasteiger partial charge is 0.235 e. The van der Waals surface area contributed by atoms with E-state index in [4.69, 9.17) is 25.7 Å². The number of imidazole rings is 2. The molecule has 2 aromatic carbocycles. The Balaban J connectivity index is 0.915. The zero-order valence-corrected chi connectivity index (χ0v) is 33.4. The van der Waals surface area contributed by atoms with Gasteiger partial charge in [0.1, 0.15) is 0 Å². The molecule has 0 spiro atoms. The lowest BCUT2D eigenvalue weighted by molar-refractivity contribution is 0.0228. The maximum atomic E-state index is 13.5. The molecule has 4 heterocycles. The summed E-state index contributed by atoms with van der Waals surface area (Å²) in [6, 6.07) is 14.3. The molecule has 0 aliphatic heterocycles. The maximum absolute atomic E-state index is 13.5. The molecular weight excluding hydrogens is 761 g/mol. The van der Waals surface area contributed by atoms with Gasteiger partial charge in [-0.05, 0) is 102 Å². The summed E-state index contributed by atoms with van der Waals surface area (Å²) in [5.74, 6) is 1.42. The van der Waals surface area contributed by atoms with E-state index in [0.717, 1.165) is 31.4 Å². The van der Waals surface area contributed by atoms with Crippen LogP contribution in [0.5, 0.6) is 0 Å². The van der Waals surface area contributed by atoms with Crippen LogP contribution in [0.1, 0.15) is 65.2 Å². The predicted octanol–water partition coefficient (Wildman–Crippen LogP) is 5.32. The van der Waals surface area contributed by atoms with Crippen molar-refractivity contribution >= 4 is 78.6 Å². The van der Waals surface area contributed by atoms with Crippen LogP contribution in [0.3, 0.4) is 0 Å². The fourth-order valence-corrected chi connectivity index (χ4v) is 9.36. The number of aliphatic hydroxyl groups excluding tert-OH is 1. The Morgan fingerprint density at radius 1 is 0.741 bits per heavy atom. The molecule has 18 nitrogen and oxygen atoms in total. The molecule has 0 amide bonds. The molecule has 2 saturated carbocycles. The lowest BCUT2D eigenvalue weighted by Gasteiger charge is -2.36. The number of benzene rings is 2. The molecule has 0 saturated heterocycles. The number of nitrogens with zero attached hydrogens (tertiary/aromatic N) is 8. The van der Waals surface area contributed by atoms with E-state index in [1.165, 1.54) is 0 Å². The molecule has 306 valence electrons. The molecule has 2 fully saturated rings. The number of hydrogen-bond acceptors (Lipinski definition) is 15. The minimum atomic E-state index is -3.95. The Bertz CT molecular complexity index is 2510. The van der Waals surface area contributed by atoms with Crippen molar-refractivity contribution in [2.45, 2.75) is 102 Å². The summed E-state index contributed by atoms with van der Waals surface area (Å²) in [4.78, 5) is 28.1. The van der Waals surface area contributed by atoms with Crippen LogP contribution < -0.4 is 31.7 Å². The Morgan fingerprint density at radius 3 is 1.81 bits per heavy atom. The van der Waals surface area contributed by atoms with Gasteiger partial charge in [-0.25, -0.2) is 18.4 Å². The number of fused-ring (bicyclic) bond motifs is 2. The first-order chi connectivity index (χ1) is 27.9. The van der Waals surface area contributed by atoms with Gasteiger partial charge in [0.05, 0.1) is 35.8 Å². The topological polar surface area (TPSA) is 248 Å². The van der Waals surface area contributed by atoms with Gasteiger partial charge >= 0.3 is 0 Å². The largest absolute Gasteiger partial charge is 0.399 e. The van der Waals surface area contributed by atoms with Crippen LogP contribution in [0.25, 0.3) is 22.3 Å². The van der Waals surface area contributed by atoms with Crippen LogP contribution in [0.15, 0.2) is 61.2 Å². The summed E-state index contributed by atoms with van der Waals surface area (Å²) in [7, 11) is -3.95. The van der Waals surface area contributed by atoms with Crippen molar-refractivity contribution in [3.8, 4) is 0 Å². The van der Waals surface area contributed by atoms with Crippen LogP contribution >= 0.6 is 0 Å². The molecule has 58 heavy (non-hydrogen) atoms. The molecule has 8 rings (SSSR count). The van der Waals surface area contributed by atoms with E-state index in [-0.39, 0.29) is 31.0 Å². The maximum Gasteiger partial charge on any atom is 0.235 e. The van der Waals surface area contributed by atoms with E-state index in [2.05, 4.69) is 36.0 Å². The van der Waals surface area contributed by atoms with E-state index in [1.54, 1.807) is 30.9 Å². The van der Waals surface area contributed by atoms with Gasteiger partial charge in [0.15, 0.2) is 34.0 Å². The average molecular weight is 811 g/mol. The quantitative estimate of drug-likeness (QED) is 0.0649. The third-order valence-corrected chi connectivity index (χ3v) is 12.4. The second-order valence-corrected chi connectivity index (χ2v) is 17.0. The Kier molecular flexibility index (Phi) is 10.9. The predicted molar refractivity (Wildman–Crippen MR) is 226 cm³/mol. The van der Waals surface area contributed by atoms with Gasteiger partial charge in [-0.15, -0.1) is 0 Å². The van der Waals surface area contributed by atoms with Gasteiger partial charge in [-0.1, -0.05) is 12.1 Å². The molecule has 0 bridgehead atoms. The highest BCUT2D eigenvalue weighted by Crippen LogP contribution is 2.33. The van der Waals surface area contributed by atoms with Crippen molar-refractivity contribution in [3.63, 3.8) is 0 Å². The second-order valence-electron chi connectivity index (χ2n) is 15.3. The second kappa shape index (κ2) is 16.2. The standard InChI is InChI=1S/C39H50N14O4S/c1-3-52-22-41-31-33(43-27-8-5-7-24(40)19-27)47-38(50-35(31)52)46-26-15-17-39(55,18-16-26)21-58(56,57)51-29-10-6-9-28(20-29)44-34-32-36(53(4-2)23-42-32)49-37(48-34)45-25-11-13-30(54)14-12-25/h5-10,19-20,22-23,25-26,30,51,54-55H,3-4,11-18,21,40H2,1-2H3,(H2,43,46,47,50)(H2,44,45,48,49). The minimum absolute atomic E-state index is 0.0855. The summed E-state index contributed by atoms with van der Waals surface area (Å²) in [6.07, 6.45) is 7.81. The number of nitrogens with two attached hydrogens (primary N) is 1. The molecule has 6 aromatic rings. The fourth-order valence-electron chi connectivity index (χ4n) is 7.80. The monoisotopic (exact) mass is 810 g/mol. The minimum Gasteiger partial charge on any atom is -0.399 e. The number of nitrogen functional groups attached to an aromatic ring is 1. The summed E-state index contributed by atoms with van der Waals surface area (Å²) in [5, 5.41) is 35.0. The molecule has 4 aromatic heterocycles. The fraction of sp³-hybridized carbons (Fsp3) is 0.436. The van der Waals surface area contributed by atoms with Crippen molar-refractivity contribution in [2.24, 2.45) is 0 Å². The molecule has 0 unspecified atom stereocenters. The number of aromatic nitrogens is 8. The lowest BCUT2D eigenvalue weighted by atomic mass is 9.83. The van der Waals surface area contributed by atoms with E-state index in [1.807, 2.05) is 53.3 Å². The van der Waals surface area contributed by atoms with Crippen LogP contribution in [0.4, 0.5) is 46.3 Å². The first-order valence-electron chi connectivity index (χ1n) is 19.8. The molecule has 19 heteroatoms. The molecule has 2 aliphatic rings. The number of aliphatic hydroxyl groups is 2. The summed E-state index contributed by atoms with van der Waals surface area (Å²) in [5.41, 5.74) is 9.45. The number of anilines is 8. The summed E-state index contributed by atoms with van der Waals surface area (Å²) < 4.78 is 33.6. The molecular formula is C39H50N14O4S. The Labute approximate surface area is 336 Å². The Morgan fingerprint density at radius 2 is 1.26 bits per heavy atom. The SMILES string of the molecule is CCn1cnc2c(Nc3cccc(NS(=O)(=O)CC4(O)CCC(Nc5nc(Nc6cccc(N)c6)c6ncn(CC)c6n5)CC4)c3)nc(NC3CCC(O)CC3)nc21. The van der Waals surface area contributed by atoms with Gasteiger partial charge < -0.3 is 46.3 Å². The van der Waals surface area contributed by atoms with Crippen molar-refractivity contribution in [1.82, 2.24) is 39.0 Å². The number of sulfonamides is 1. The van der Waals surface area contributed by atoms with Gasteiger partial charge in [0.25, 0.3) is 0 Å². The highest BCUT2D eigenvalue weighted by atomic mass is 32.2. The number of aryl methyl sites for hydroxylation is 2. The highest BCUT2D eigenvalue weighted by molar-refractivity contribution is 7.92. The van der Waals surface area contributed by atoms with Gasteiger partial charge in [-0.3, -0.25) is 4.72 Å². The van der Waals surface area contributed by atoms with Crippen molar-refractivity contribution < 1.29 is 18.6 Å². The zero-order chi connectivity index (χ0) is 40.4. The van der Waals surface area contributed by atoms with E-state index in [0.29, 0.717) is 88.9 Å². The Hall–Kier alpha value is -5.79. The lowest BCUT2D eigenvalue weighted by Crippen LogP contribution is -2.44. The van der Waals surface area contributed by atoms with E-state index < -0.39 is 21.4 Å².